The molecule has 3 fully saturated rings. The molecule has 8 nitrogen and oxygen atoms in total. The maximum Gasteiger partial charge on any atom is 0.409 e. The van der Waals surface area contributed by atoms with E-state index in [4.69, 9.17) is 9.47 Å². The standard InChI is InChI=1S/C23H29F2N3O5/c1-32-23(31)28-10-6-16(7-11-28)33-15-4-8-27(9-5-15)14-12-18(24)21(19(25)13-14)17-2-3-20(29)26-22(17)30/h12-13,15-17H,2-11H2,1H3,(H,26,29,30). The molecule has 0 saturated carbocycles. The number of nitrogens with zero attached hydrogens (tertiary/aromatic N) is 2. The number of rotatable bonds is 4. The maximum atomic E-state index is 14.8. The van der Waals surface area contributed by atoms with Crippen molar-refractivity contribution < 1.29 is 32.6 Å². The summed E-state index contributed by atoms with van der Waals surface area (Å²) < 4.78 is 40.6. The van der Waals surface area contributed by atoms with Crippen molar-refractivity contribution in [3.05, 3.63) is 29.3 Å². The zero-order chi connectivity index (χ0) is 23.5. The van der Waals surface area contributed by atoms with E-state index in [0.717, 1.165) is 25.7 Å². The number of likely N-dealkylation sites (tertiary alicyclic amines) is 1. The number of anilines is 1. The fourth-order valence-corrected chi connectivity index (χ4v) is 4.88. The second-order valence-corrected chi connectivity index (χ2v) is 8.81. The molecule has 1 aromatic rings. The highest BCUT2D eigenvalue weighted by Gasteiger charge is 2.33. The van der Waals surface area contributed by atoms with Crippen LogP contribution in [0.2, 0.25) is 0 Å². The molecule has 1 N–H and O–H groups in total. The lowest BCUT2D eigenvalue weighted by Gasteiger charge is -2.37. The van der Waals surface area contributed by atoms with Gasteiger partial charge in [0.2, 0.25) is 11.8 Å². The minimum atomic E-state index is -0.999. The van der Waals surface area contributed by atoms with E-state index in [1.165, 1.54) is 19.2 Å². The van der Waals surface area contributed by atoms with Crippen LogP contribution in [0.25, 0.3) is 0 Å². The highest BCUT2D eigenvalue weighted by molar-refractivity contribution is 6.01. The van der Waals surface area contributed by atoms with Crippen molar-refractivity contribution in [1.29, 1.82) is 0 Å². The molecule has 1 unspecified atom stereocenters. The second-order valence-electron chi connectivity index (χ2n) is 8.81. The van der Waals surface area contributed by atoms with Crippen LogP contribution in [0.5, 0.6) is 0 Å². The Morgan fingerprint density at radius 2 is 1.55 bits per heavy atom. The highest BCUT2D eigenvalue weighted by atomic mass is 19.1. The van der Waals surface area contributed by atoms with Gasteiger partial charge in [0.25, 0.3) is 0 Å². The number of benzene rings is 1. The molecule has 10 heteroatoms. The second kappa shape index (κ2) is 10.0. The summed E-state index contributed by atoms with van der Waals surface area (Å²) >= 11 is 0. The lowest BCUT2D eigenvalue weighted by molar-refractivity contribution is -0.134. The smallest absolute Gasteiger partial charge is 0.409 e. The van der Waals surface area contributed by atoms with Gasteiger partial charge in [-0.25, -0.2) is 13.6 Å². The Hall–Kier alpha value is -2.75. The number of nitrogens with one attached hydrogen (secondary N) is 1. The fraction of sp³-hybridized carbons (Fsp3) is 0.609. The van der Waals surface area contributed by atoms with Crippen molar-refractivity contribution in [3.8, 4) is 0 Å². The quantitative estimate of drug-likeness (QED) is 0.688. The first-order valence-corrected chi connectivity index (χ1v) is 11.4. The van der Waals surface area contributed by atoms with Gasteiger partial charge in [0, 0.05) is 43.9 Å². The van der Waals surface area contributed by atoms with E-state index >= 15 is 0 Å². The van der Waals surface area contributed by atoms with Gasteiger partial charge in [-0.1, -0.05) is 0 Å². The molecule has 1 atom stereocenters. The van der Waals surface area contributed by atoms with Crippen LogP contribution in [0.4, 0.5) is 19.3 Å². The third-order valence-electron chi connectivity index (χ3n) is 6.72. The number of halogens is 2. The Bertz CT molecular complexity index is 888. The average Bonchev–Trinajstić information content (AvgIpc) is 2.80. The van der Waals surface area contributed by atoms with Crippen LogP contribution in [0.15, 0.2) is 12.1 Å². The molecule has 180 valence electrons. The first-order chi connectivity index (χ1) is 15.9. The van der Waals surface area contributed by atoms with Crippen LogP contribution in [0.1, 0.15) is 50.0 Å². The van der Waals surface area contributed by atoms with E-state index in [2.05, 4.69) is 5.32 Å². The molecule has 3 aliphatic heterocycles. The molecular formula is C23H29F2N3O5. The van der Waals surface area contributed by atoms with Crippen LogP contribution >= 0.6 is 0 Å². The average molecular weight is 465 g/mol. The molecule has 3 aliphatic rings. The summed E-state index contributed by atoms with van der Waals surface area (Å²) in [6.45, 7) is 2.41. The van der Waals surface area contributed by atoms with Crippen LogP contribution < -0.4 is 10.2 Å². The molecule has 0 radical (unpaired) electrons. The topological polar surface area (TPSA) is 88.2 Å². The third-order valence-corrected chi connectivity index (χ3v) is 6.72. The predicted octanol–water partition coefficient (Wildman–Crippen LogP) is 2.70. The summed E-state index contributed by atoms with van der Waals surface area (Å²) in [5, 5.41) is 2.15. The molecule has 3 amide bonds. The minimum absolute atomic E-state index is 0.0618. The number of ether oxygens (including phenoxy) is 2. The van der Waals surface area contributed by atoms with Crippen LogP contribution in [0, 0.1) is 11.6 Å². The van der Waals surface area contributed by atoms with Gasteiger partial charge >= 0.3 is 6.09 Å². The number of hydrogen-bond donors (Lipinski definition) is 1. The summed E-state index contributed by atoms with van der Waals surface area (Å²) in [4.78, 5) is 38.6. The Labute approximate surface area is 191 Å². The van der Waals surface area contributed by atoms with Gasteiger partial charge in [0.15, 0.2) is 0 Å². The fourth-order valence-electron chi connectivity index (χ4n) is 4.88. The van der Waals surface area contributed by atoms with Crippen molar-refractivity contribution in [3.63, 3.8) is 0 Å². The van der Waals surface area contributed by atoms with Gasteiger partial charge in [-0.15, -0.1) is 0 Å². The van der Waals surface area contributed by atoms with Crippen molar-refractivity contribution in [1.82, 2.24) is 10.2 Å². The maximum absolute atomic E-state index is 14.8. The third kappa shape index (κ3) is 5.26. The first-order valence-electron chi connectivity index (χ1n) is 11.4. The van der Waals surface area contributed by atoms with Crippen molar-refractivity contribution in [2.24, 2.45) is 0 Å². The molecule has 0 aromatic heterocycles. The lowest BCUT2D eigenvalue weighted by Crippen LogP contribution is -2.43. The molecular weight excluding hydrogens is 436 g/mol. The minimum Gasteiger partial charge on any atom is -0.453 e. The highest BCUT2D eigenvalue weighted by Crippen LogP contribution is 2.33. The zero-order valence-corrected chi connectivity index (χ0v) is 18.6. The monoisotopic (exact) mass is 465 g/mol. The molecule has 1 aromatic carbocycles. The SMILES string of the molecule is COC(=O)N1CCC(OC2CCN(c3cc(F)c(C4CCC(=O)NC4=O)c(F)c3)CC2)CC1. The number of imide groups is 1. The van der Waals surface area contributed by atoms with E-state index in [1.54, 1.807) is 4.90 Å². The molecule has 0 aliphatic carbocycles. The van der Waals surface area contributed by atoms with E-state index in [9.17, 15) is 23.2 Å². The number of hydrogen-bond acceptors (Lipinski definition) is 6. The molecule has 0 bridgehead atoms. The van der Waals surface area contributed by atoms with E-state index in [-0.39, 0.29) is 36.7 Å². The summed E-state index contributed by atoms with van der Waals surface area (Å²) in [6, 6.07) is 2.54. The normalized spacial score (nSPS) is 22.9. The predicted molar refractivity (Wildman–Crippen MR) is 115 cm³/mol. The van der Waals surface area contributed by atoms with Crippen LogP contribution in [-0.2, 0) is 19.1 Å². The van der Waals surface area contributed by atoms with E-state index < -0.39 is 29.4 Å². The summed E-state index contributed by atoms with van der Waals surface area (Å²) in [5.41, 5.74) is 0.158. The number of piperidine rings is 3. The zero-order valence-electron chi connectivity index (χ0n) is 18.6. The van der Waals surface area contributed by atoms with Crippen molar-refractivity contribution in [2.75, 3.05) is 38.2 Å². The first kappa shape index (κ1) is 23.4. The van der Waals surface area contributed by atoms with Gasteiger partial charge < -0.3 is 19.3 Å². The van der Waals surface area contributed by atoms with Crippen LogP contribution in [0.3, 0.4) is 0 Å². The number of carbonyl (C=O) groups excluding carboxylic acids is 3. The van der Waals surface area contributed by atoms with Gasteiger partial charge in [-0.2, -0.15) is 0 Å². The van der Waals surface area contributed by atoms with E-state index in [1.807, 2.05) is 4.90 Å². The largest absolute Gasteiger partial charge is 0.453 e. The number of methoxy groups -OCH3 is 1. The van der Waals surface area contributed by atoms with Gasteiger partial charge in [-0.3, -0.25) is 14.9 Å². The number of carbonyl (C=O) groups is 3. The Morgan fingerprint density at radius 3 is 2.09 bits per heavy atom. The van der Waals surface area contributed by atoms with Gasteiger partial charge in [0.05, 0.1) is 25.2 Å². The molecule has 3 saturated heterocycles. The molecule has 3 heterocycles. The Balaban J connectivity index is 1.31. The molecule has 4 rings (SSSR count). The summed E-state index contributed by atoms with van der Waals surface area (Å²) in [7, 11) is 1.37. The Morgan fingerprint density at radius 1 is 0.970 bits per heavy atom. The van der Waals surface area contributed by atoms with Gasteiger partial charge in [0.1, 0.15) is 11.6 Å². The molecule has 33 heavy (non-hydrogen) atoms. The molecule has 0 spiro atoms. The van der Waals surface area contributed by atoms with Crippen molar-refractivity contribution in [2.45, 2.75) is 56.7 Å². The summed E-state index contributed by atoms with van der Waals surface area (Å²) in [5.74, 6) is -3.62. The lowest BCUT2D eigenvalue weighted by atomic mass is 9.89. The number of amides is 3. The summed E-state index contributed by atoms with van der Waals surface area (Å²) in [6.07, 6.45) is 2.97. The van der Waals surface area contributed by atoms with Gasteiger partial charge in [-0.05, 0) is 44.2 Å². The van der Waals surface area contributed by atoms with E-state index in [0.29, 0.717) is 31.9 Å². The van der Waals surface area contributed by atoms with Crippen molar-refractivity contribution >= 4 is 23.6 Å². The Kier molecular flexibility index (Phi) is 7.11. The van der Waals surface area contributed by atoms with Crippen LogP contribution in [-0.4, -0.2) is 68.3 Å².